The SMILES string of the molecule is COc1ccccc1N1CCN(C2CCN(Cc3ccncc3)CC2)CC1.O=C(O)C(=O)O. The van der Waals surface area contributed by atoms with Crippen LogP contribution in [0.1, 0.15) is 18.4 Å². The van der Waals surface area contributed by atoms with Crippen molar-refractivity contribution in [1.29, 1.82) is 0 Å². The molecule has 0 saturated carbocycles. The number of nitrogens with zero attached hydrogens (tertiary/aromatic N) is 4. The Labute approximate surface area is 194 Å². The summed E-state index contributed by atoms with van der Waals surface area (Å²) < 4.78 is 5.54. The summed E-state index contributed by atoms with van der Waals surface area (Å²) in [6.07, 6.45) is 6.34. The van der Waals surface area contributed by atoms with Crippen LogP contribution in [0.2, 0.25) is 0 Å². The van der Waals surface area contributed by atoms with E-state index >= 15 is 0 Å². The number of carbonyl (C=O) groups is 2. The number of carboxylic acids is 2. The summed E-state index contributed by atoms with van der Waals surface area (Å²) in [4.78, 5) is 30.1. The largest absolute Gasteiger partial charge is 0.495 e. The van der Waals surface area contributed by atoms with E-state index in [9.17, 15) is 0 Å². The Bertz CT molecular complexity index is 883. The maximum atomic E-state index is 9.10. The number of benzene rings is 1. The van der Waals surface area contributed by atoms with Crippen molar-refractivity contribution in [3.8, 4) is 5.75 Å². The number of pyridine rings is 1. The van der Waals surface area contributed by atoms with Gasteiger partial charge < -0.3 is 19.8 Å². The van der Waals surface area contributed by atoms with E-state index in [-0.39, 0.29) is 0 Å². The highest BCUT2D eigenvalue weighted by Gasteiger charge is 2.28. The molecule has 2 fully saturated rings. The lowest BCUT2D eigenvalue weighted by Crippen LogP contribution is -2.53. The van der Waals surface area contributed by atoms with Crippen LogP contribution < -0.4 is 9.64 Å². The maximum absolute atomic E-state index is 9.10. The van der Waals surface area contributed by atoms with Crippen molar-refractivity contribution in [3.05, 3.63) is 54.4 Å². The van der Waals surface area contributed by atoms with E-state index in [0.29, 0.717) is 0 Å². The number of ether oxygens (including phenoxy) is 1. The second-order valence-electron chi connectivity index (χ2n) is 8.17. The van der Waals surface area contributed by atoms with Crippen molar-refractivity contribution in [2.24, 2.45) is 0 Å². The molecule has 3 heterocycles. The third kappa shape index (κ3) is 7.16. The lowest BCUT2D eigenvalue weighted by atomic mass is 10.0. The number of likely N-dealkylation sites (tertiary alicyclic amines) is 1. The van der Waals surface area contributed by atoms with Crippen LogP contribution in [0.25, 0.3) is 0 Å². The standard InChI is InChI=1S/C22H30N4O.C2H2O4/c1-27-22-5-3-2-4-21(22)26-16-14-25(15-17-26)20-8-12-24(13-9-20)18-19-6-10-23-11-7-19;3-1(4)2(5)6/h2-7,10-11,20H,8-9,12-18H2,1H3;(H,3,4)(H,5,6). The average molecular weight is 457 g/mol. The first kappa shape index (κ1) is 24.5. The summed E-state index contributed by atoms with van der Waals surface area (Å²) in [6, 6.07) is 13.4. The third-order valence-corrected chi connectivity index (χ3v) is 6.15. The van der Waals surface area contributed by atoms with Crippen LogP contribution in [0.3, 0.4) is 0 Å². The highest BCUT2D eigenvalue weighted by atomic mass is 16.5. The van der Waals surface area contributed by atoms with Gasteiger partial charge in [0.15, 0.2) is 0 Å². The Morgan fingerprint density at radius 3 is 2.12 bits per heavy atom. The van der Waals surface area contributed by atoms with E-state index in [1.807, 2.05) is 18.5 Å². The van der Waals surface area contributed by atoms with Gasteiger partial charge in [-0.15, -0.1) is 0 Å². The first-order valence-electron chi connectivity index (χ1n) is 11.2. The van der Waals surface area contributed by atoms with Gasteiger partial charge in [-0.1, -0.05) is 12.1 Å². The van der Waals surface area contributed by atoms with Gasteiger partial charge in [-0.05, 0) is 55.8 Å². The van der Waals surface area contributed by atoms with Crippen LogP contribution in [-0.4, -0.2) is 89.4 Å². The fourth-order valence-corrected chi connectivity index (χ4v) is 4.41. The Hall–Kier alpha value is -3.17. The second kappa shape index (κ2) is 12.2. The van der Waals surface area contributed by atoms with Gasteiger partial charge in [0.2, 0.25) is 0 Å². The zero-order valence-corrected chi connectivity index (χ0v) is 19.0. The second-order valence-corrected chi connectivity index (χ2v) is 8.17. The number of para-hydroxylation sites is 2. The molecule has 1 aromatic carbocycles. The first-order chi connectivity index (χ1) is 16.0. The van der Waals surface area contributed by atoms with Crippen LogP contribution in [0, 0.1) is 0 Å². The summed E-state index contributed by atoms with van der Waals surface area (Å²) >= 11 is 0. The number of hydrogen-bond donors (Lipinski definition) is 2. The topological polar surface area (TPSA) is 106 Å². The monoisotopic (exact) mass is 456 g/mol. The fraction of sp³-hybridized carbons (Fsp3) is 0.458. The average Bonchev–Trinajstić information content (AvgIpc) is 2.85. The summed E-state index contributed by atoms with van der Waals surface area (Å²) in [5.74, 6) is -2.67. The van der Waals surface area contributed by atoms with E-state index < -0.39 is 11.9 Å². The lowest BCUT2D eigenvalue weighted by Gasteiger charge is -2.43. The normalized spacial score (nSPS) is 17.7. The van der Waals surface area contributed by atoms with Gasteiger partial charge in [0.05, 0.1) is 12.8 Å². The Morgan fingerprint density at radius 2 is 1.55 bits per heavy atom. The molecule has 2 aliphatic rings. The molecule has 2 N–H and O–H groups in total. The highest BCUT2D eigenvalue weighted by Crippen LogP contribution is 2.29. The molecule has 0 unspecified atom stereocenters. The van der Waals surface area contributed by atoms with E-state index in [4.69, 9.17) is 24.5 Å². The van der Waals surface area contributed by atoms with Gasteiger partial charge >= 0.3 is 11.9 Å². The Kier molecular flexibility index (Phi) is 9.03. The van der Waals surface area contributed by atoms with Crippen molar-refractivity contribution in [2.45, 2.75) is 25.4 Å². The molecule has 0 amide bonds. The predicted molar refractivity (Wildman–Crippen MR) is 125 cm³/mol. The van der Waals surface area contributed by atoms with Crippen LogP contribution in [0.5, 0.6) is 5.75 Å². The maximum Gasteiger partial charge on any atom is 0.414 e. The molecule has 4 rings (SSSR count). The van der Waals surface area contributed by atoms with Crippen LogP contribution >= 0.6 is 0 Å². The van der Waals surface area contributed by atoms with Crippen LogP contribution in [0.4, 0.5) is 5.69 Å². The fourth-order valence-electron chi connectivity index (χ4n) is 4.41. The van der Waals surface area contributed by atoms with Crippen molar-refractivity contribution < 1.29 is 24.5 Å². The van der Waals surface area contributed by atoms with Crippen molar-refractivity contribution in [2.75, 3.05) is 51.3 Å². The number of aliphatic carboxylic acids is 2. The van der Waals surface area contributed by atoms with Gasteiger partial charge in [0, 0.05) is 51.2 Å². The van der Waals surface area contributed by atoms with Crippen molar-refractivity contribution in [1.82, 2.24) is 14.8 Å². The minimum atomic E-state index is -1.82. The van der Waals surface area contributed by atoms with Crippen molar-refractivity contribution >= 4 is 17.6 Å². The van der Waals surface area contributed by atoms with Crippen molar-refractivity contribution in [3.63, 3.8) is 0 Å². The Morgan fingerprint density at radius 1 is 0.939 bits per heavy atom. The summed E-state index contributed by atoms with van der Waals surface area (Å²) in [5, 5.41) is 14.8. The molecular weight excluding hydrogens is 424 g/mol. The number of rotatable bonds is 5. The summed E-state index contributed by atoms with van der Waals surface area (Å²) in [6.45, 7) is 7.89. The molecule has 0 atom stereocenters. The molecule has 2 aliphatic heterocycles. The molecule has 2 saturated heterocycles. The van der Waals surface area contributed by atoms with Crippen LogP contribution in [-0.2, 0) is 16.1 Å². The number of carboxylic acid groups (broad SMARTS) is 2. The number of anilines is 1. The molecule has 1 aromatic heterocycles. The van der Waals surface area contributed by atoms with E-state index in [2.05, 4.69) is 50.0 Å². The zero-order valence-electron chi connectivity index (χ0n) is 19.0. The van der Waals surface area contributed by atoms with E-state index in [1.165, 1.54) is 37.2 Å². The third-order valence-electron chi connectivity index (χ3n) is 6.15. The molecule has 2 aromatic rings. The number of piperidine rings is 1. The Balaban J connectivity index is 0.000000454. The molecule has 0 radical (unpaired) electrons. The minimum absolute atomic E-state index is 0.735. The quantitative estimate of drug-likeness (QED) is 0.654. The molecule has 178 valence electrons. The molecule has 0 bridgehead atoms. The van der Waals surface area contributed by atoms with Crippen LogP contribution in [0.15, 0.2) is 48.8 Å². The van der Waals surface area contributed by atoms with E-state index in [1.54, 1.807) is 7.11 Å². The first-order valence-corrected chi connectivity index (χ1v) is 11.2. The smallest absolute Gasteiger partial charge is 0.414 e. The number of aromatic nitrogens is 1. The van der Waals surface area contributed by atoms with Gasteiger partial charge in [-0.25, -0.2) is 9.59 Å². The lowest BCUT2D eigenvalue weighted by molar-refractivity contribution is -0.159. The van der Waals surface area contributed by atoms with Gasteiger partial charge in [-0.2, -0.15) is 0 Å². The number of methoxy groups -OCH3 is 1. The zero-order chi connectivity index (χ0) is 23.6. The molecule has 0 aliphatic carbocycles. The van der Waals surface area contributed by atoms with Gasteiger partial charge in [-0.3, -0.25) is 14.8 Å². The summed E-state index contributed by atoms with van der Waals surface area (Å²) in [5.41, 5.74) is 2.60. The van der Waals surface area contributed by atoms with Gasteiger partial charge in [0.1, 0.15) is 5.75 Å². The molecule has 9 heteroatoms. The predicted octanol–water partition coefficient (Wildman–Crippen LogP) is 2.03. The summed E-state index contributed by atoms with van der Waals surface area (Å²) in [7, 11) is 1.76. The molecule has 9 nitrogen and oxygen atoms in total. The molecular formula is C24H32N4O5. The molecule has 0 spiro atoms. The molecule has 33 heavy (non-hydrogen) atoms. The number of piperazine rings is 1. The van der Waals surface area contributed by atoms with E-state index in [0.717, 1.165) is 44.5 Å². The van der Waals surface area contributed by atoms with Gasteiger partial charge in [0.25, 0.3) is 0 Å². The minimum Gasteiger partial charge on any atom is -0.495 e. The highest BCUT2D eigenvalue weighted by molar-refractivity contribution is 6.27. The number of hydrogen-bond acceptors (Lipinski definition) is 7.